The molecule has 4 heteroatoms. The molecule has 2 aromatic carbocycles. The second kappa shape index (κ2) is 6.20. The summed E-state index contributed by atoms with van der Waals surface area (Å²) in [6.45, 7) is 4.53. The lowest BCUT2D eigenvalue weighted by molar-refractivity contribution is 0.423. The first-order valence-electron chi connectivity index (χ1n) is 6.65. The van der Waals surface area contributed by atoms with Crippen LogP contribution in [0.1, 0.15) is 18.1 Å². The fourth-order valence-electron chi connectivity index (χ4n) is 2.14. The minimum absolute atomic E-state index is 0.387. The van der Waals surface area contributed by atoms with Gasteiger partial charge in [-0.2, -0.15) is 4.31 Å². The Morgan fingerprint density at radius 2 is 1.55 bits per heavy atom. The number of rotatable bonds is 5. The summed E-state index contributed by atoms with van der Waals surface area (Å²) in [4.78, 5) is 0.387. The summed E-state index contributed by atoms with van der Waals surface area (Å²) in [5, 5.41) is 0. The molecule has 20 heavy (non-hydrogen) atoms. The Morgan fingerprint density at radius 3 is 2.15 bits per heavy atom. The molecule has 0 aliphatic rings. The van der Waals surface area contributed by atoms with Crippen LogP contribution in [0.3, 0.4) is 0 Å². The number of hydrogen-bond acceptors (Lipinski definition) is 2. The van der Waals surface area contributed by atoms with Crippen LogP contribution in [0.5, 0.6) is 0 Å². The van der Waals surface area contributed by atoms with Crippen LogP contribution < -0.4 is 0 Å². The van der Waals surface area contributed by atoms with E-state index >= 15 is 0 Å². The first-order chi connectivity index (χ1) is 9.55. The quantitative estimate of drug-likeness (QED) is 0.847. The summed E-state index contributed by atoms with van der Waals surface area (Å²) in [5.41, 5.74) is 1.77. The Balaban J connectivity index is 2.34. The van der Waals surface area contributed by atoms with Crippen LogP contribution in [0, 0.1) is 6.92 Å². The molecule has 0 N–H and O–H groups in total. The molecule has 0 fully saturated rings. The second-order valence-corrected chi connectivity index (χ2v) is 6.59. The molecule has 3 nitrogen and oxygen atoms in total. The normalized spacial score (nSPS) is 11.8. The van der Waals surface area contributed by atoms with Crippen LogP contribution in [0.15, 0.2) is 59.5 Å². The first-order valence-corrected chi connectivity index (χ1v) is 8.09. The zero-order chi connectivity index (χ0) is 14.6. The molecule has 0 saturated heterocycles. The molecular weight excluding hydrogens is 270 g/mol. The monoisotopic (exact) mass is 289 g/mol. The standard InChI is InChI=1S/C16H19NO2S/c1-3-17(13-15-10-5-4-6-11-15)20(18,19)16-12-8-7-9-14(16)2/h4-12H,3,13H2,1-2H3. The highest BCUT2D eigenvalue weighted by Gasteiger charge is 2.24. The fourth-order valence-corrected chi connectivity index (χ4v) is 3.80. The van der Waals surface area contributed by atoms with Crippen LogP contribution in [-0.2, 0) is 16.6 Å². The third-order valence-electron chi connectivity index (χ3n) is 3.27. The van der Waals surface area contributed by atoms with Crippen LogP contribution >= 0.6 is 0 Å². The van der Waals surface area contributed by atoms with E-state index in [1.165, 1.54) is 4.31 Å². The molecule has 0 unspecified atom stereocenters. The molecular formula is C16H19NO2S. The van der Waals surface area contributed by atoms with Crippen LogP contribution in [0.2, 0.25) is 0 Å². The van der Waals surface area contributed by atoms with Gasteiger partial charge < -0.3 is 0 Å². The summed E-state index contributed by atoms with van der Waals surface area (Å²) in [6.07, 6.45) is 0. The summed E-state index contributed by atoms with van der Waals surface area (Å²) < 4.78 is 26.9. The summed E-state index contributed by atoms with van der Waals surface area (Å²) in [7, 11) is -3.45. The van der Waals surface area contributed by atoms with Gasteiger partial charge >= 0.3 is 0 Å². The number of hydrogen-bond donors (Lipinski definition) is 0. The Morgan fingerprint density at radius 1 is 0.950 bits per heavy atom. The van der Waals surface area contributed by atoms with Gasteiger partial charge in [0, 0.05) is 13.1 Å². The number of benzene rings is 2. The highest BCUT2D eigenvalue weighted by atomic mass is 32.2. The summed E-state index contributed by atoms with van der Waals surface area (Å²) >= 11 is 0. The summed E-state index contributed by atoms with van der Waals surface area (Å²) in [5.74, 6) is 0. The molecule has 0 heterocycles. The van der Waals surface area contributed by atoms with Crippen molar-refractivity contribution < 1.29 is 8.42 Å². The van der Waals surface area contributed by atoms with Crippen molar-refractivity contribution in [2.45, 2.75) is 25.3 Å². The third-order valence-corrected chi connectivity index (χ3v) is 5.35. The largest absolute Gasteiger partial charge is 0.243 e. The van der Waals surface area contributed by atoms with E-state index < -0.39 is 10.0 Å². The van der Waals surface area contributed by atoms with Crippen molar-refractivity contribution in [2.24, 2.45) is 0 Å². The van der Waals surface area contributed by atoms with Gasteiger partial charge in [-0.25, -0.2) is 8.42 Å². The topological polar surface area (TPSA) is 37.4 Å². The summed E-state index contributed by atoms with van der Waals surface area (Å²) in [6, 6.07) is 16.7. The molecule has 0 saturated carbocycles. The average Bonchev–Trinajstić information content (AvgIpc) is 2.46. The Labute approximate surface area is 120 Å². The number of nitrogens with zero attached hydrogens (tertiary/aromatic N) is 1. The second-order valence-electron chi connectivity index (χ2n) is 4.68. The van der Waals surface area contributed by atoms with Gasteiger partial charge in [-0.3, -0.25) is 0 Å². The Bertz CT molecular complexity index is 666. The number of aryl methyl sites for hydroxylation is 1. The first kappa shape index (κ1) is 14.8. The molecule has 2 rings (SSSR count). The molecule has 0 bridgehead atoms. The van der Waals surface area contributed by atoms with E-state index in [2.05, 4.69) is 0 Å². The molecule has 0 amide bonds. The third kappa shape index (κ3) is 3.08. The van der Waals surface area contributed by atoms with Crippen LogP contribution in [0.4, 0.5) is 0 Å². The highest BCUT2D eigenvalue weighted by Crippen LogP contribution is 2.21. The van der Waals surface area contributed by atoms with Gasteiger partial charge in [0.2, 0.25) is 10.0 Å². The van der Waals surface area contributed by atoms with E-state index in [4.69, 9.17) is 0 Å². The molecule has 0 atom stereocenters. The maximum Gasteiger partial charge on any atom is 0.243 e. The van der Waals surface area contributed by atoms with Crippen molar-refractivity contribution >= 4 is 10.0 Å². The zero-order valence-corrected chi connectivity index (χ0v) is 12.6. The SMILES string of the molecule is CCN(Cc1ccccc1)S(=O)(=O)c1ccccc1C. The lowest BCUT2D eigenvalue weighted by Crippen LogP contribution is -2.30. The van der Waals surface area contributed by atoms with Gasteiger partial charge in [0.1, 0.15) is 0 Å². The van der Waals surface area contributed by atoms with Crippen molar-refractivity contribution in [3.63, 3.8) is 0 Å². The van der Waals surface area contributed by atoms with Crippen LogP contribution in [0.25, 0.3) is 0 Å². The number of sulfonamides is 1. The molecule has 0 aromatic heterocycles. The van der Waals surface area contributed by atoms with Gasteiger partial charge in [0.15, 0.2) is 0 Å². The van der Waals surface area contributed by atoms with E-state index in [9.17, 15) is 8.42 Å². The van der Waals surface area contributed by atoms with Crippen molar-refractivity contribution in [3.05, 3.63) is 65.7 Å². The fraction of sp³-hybridized carbons (Fsp3) is 0.250. The maximum absolute atomic E-state index is 12.7. The van der Waals surface area contributed by atoms with Crippen molar-refractivity contribution in [3.8, 4) is 0 Å². The van der Waals surface area contributed by atoms with Gasteiger partial charge in [0.25, 0.3) is 0 Å². The van der Waals surface area contributed by atoms with Crippen molar-refractivity contribution in [1.82, 2.24) is 4.31 Å². The predicted octanol–water partition coefficient (Wildman–Crippen LogP) is 3.21. The van der Waals surface area contributed by atoms with Crippen molar-refractivity contribution in [1.29, 1.82) is 0 Å². The molecule has 2 aromatic rings. The highest BCUT2D eigenvalue weighted by molar-refractivity contribution is 7.89. The van der Waals surface area contributed by atoms with Gasteiger partial charge in [-0.15, -0.1) is 0 Å². The molecule has 0 radical (unpaired) electrons. The molecule has 0 spiro atoms. The average molecular weight is 289 g/mol. The maximum atomic E-state index is 12.7. The lowest BCUT2D eigenvalue weighted by atomic mass is 10.2. The predicted molar refractivity (Wildman–Crippen MR) is 80.9 cm³/mol. The van der Waals surface area contributed by atoms with Gasteiger partial charge in [-0.05, 0) is 24.1 Å². The van der Waals surface area contributed by atoms with Gasteiger partial charge in [-0.1, -0.05) is 55.5 Å². The molecule has 0 aliphatic carbocycles. The Hall–Kier alpha value is -1.65. The zero-order valence-electron chi connectivity index (χ0n) is 11.8. The van der Waals surface area contributed by atoms with E-state index in [-0.39, 0.29) is 0 Å². The van der Waals surface area contributed by atoms with Crippen molar-refractivity contribution in [2.75, 3.05) is 6.54 Å². The molecule has 0 aliphatic heterocycles. The minimum atomic E-state index is -3.45. The molecule has 106 valence electrons. The minimum Gasteiger partial charge on any atom is -0.207 e. The Kier molecular flexibility index (Phi) is 4.57. The van der Waals surface area contributed by atoms with E-state index in [1.54, 1.807) is 12.1 Å². The van der Waals surface area contributed by atoms with E-state index in [1.807, 2.05) is 56.3 Å². The lowest BCUT2D eigenvalue weighted by Gasteiger charge is -2.21. The van der Waals surface area contributed by atoms with Gasteiger partial charge in [0.05, 0.1) is 4.90 Å². The van der Waals surface area contributed by atoms with Crippen LogP contribution in [-0.4, -0.2) is 19.3 Å². The van der Waals surface area contributed by atoms with E-state index in [0.717, 1.165) is 11.1 Å². The van der Waals surface area contributed by atoms with E-state index in [0.29, 0.717) is 18.0 Å². The smallest absolute Gasteiger partial charge is 0.207 e.